The van der Waals surface area contributed by atoms with Crippen molar-refractivity contribution in [3.05, 3.63) is 63.9 Å². The number of fused-ring (bicyclic) bond motifs is 1. The first-order valence-corrected chi connectivity index (χ1v) is 12.0. The van der Waals surface area contributed by atoms with Crippen molar-refractivity contribution in [3.63, 3.8) is 0 Å². The second kappa shape index (κ2) is 7.76. The number of carbonyl (C=O) groups excluding carboxylic acids is 2. The molecular formula is C25H24ClF2N3O2. The van der Waals surface area contributed by atoms with Gasteiger partial charge < -0.3 is 10.2 Å². The number of aromatic nitrogens is 1. The Morgan fingerprint density at radius 3 is 2.61 bits per heavy atom. The molecule has 3 saturated carbocycles. The van der Waals surface area contributed by atoms with E-state index in [-0.39, 0.29) is 34.4 Å². The summed E-state index contributed by atoms with van der Waals surface area (Å²) in [7, 11) is 0. The highest BCUT2D eigenvalue weighted by molar-refractivity contribution is 6.30. The Morgan fingerprint density at radius 1 is 1.09 bits per heavy atom. The first kappa shape index (κ1) is 21.0. The zero-order valence-electron chi connectivity index (χ0n) is 17.9. The Hall–Kier alpha value is -2.54. The topological polar surface area (TPSA) is 62.3 Å². The van der Waals surface area contributed by atoms with Gasteiger partial charge in [0.25, 0.3) is 5.91 Å². The third-order valence-corrected chi connectivity index (χ3v) is 7.75. The molecular weight excluding hydrogens is 448 g/mol. The number of benzene rings is 1. The number of piperidine rings is 1. The Balaban J connectivity index is 1.24. The number of halogens is 3. The molecule has 5 nitrogen and oxygen atoms in total. The van der Waals surface area contributed by atoms with Crippen LogP contribution in [0.5, 0.6) is 0 Å². The Kier molecular flexibility index (Phi) is 4.94. The lowest BCUT2D eigenvalue weighted by molar-refractivity contribution is -0.126. The van der Waals surface area contributed by atoms with Crippen LogP contribution in [0.15, 0.2) is 30.5 Å². The van der Waals surface area contributed by atoms with Gasteiger partial charge in [0.2, 0.25) is 5.91 Å². The predicted molar refractivity (Wildman–Crippen MR) is 118 cm³/mol. The van der Waals surface area contributed by atoms with Gasteiger partial charge in [-0.25, -0.2) is 8.78 Å². The molecule has 0 radical (unpaired) electrons. The van der Waals surface area contributed by atoms with E-state index in [2.05, 4.69) is 10.3 Å². The summed E-state index contributed by atoms with van der Waals surface area (Å²) in [6.45, 7) is 0. The minimum Gasteiger partial charge on any atom is -0.347 e. The predicted octanol–water partition coefficient (Wildman–Crippen LogP) is 4.76. The molecule has 6 rings (SSSR count). The van der Waals surface area contributed by atoms with Crippen LogP contribution >= 0.6 is 11.6 Å². The average Bonchev–Trinajstić information content (AvgIpc) is 3.66. The quantitative estimate of drug-likeness (QED) is 0.618. The molecule has 2 heterocycles. The van der Waals surface area contributed by atoms with Crippen LogP contribution in [0.4, 0.5) is 8.78 Å². The van der Waals surface area contributed by atoms with Crippen molar-refractivity contribution in [3.8, 4) is 0 Å². The van der Waals surface area contributed by atoms with Crippen molar-refractivity contribution in [2.24, 2.45) is 11.8 Å². The number of likely N-dealkylation sites (tertiary alicyclic amines) is 1. The molecule has 4 fully saturated rings. The Morgan fingerprint density at radius 2 is 1.88 bits per heavy atom. The molecule has 172 valence electrons. The molecule has 0 spiro atoms. The number of hydrogen-bond donors (Lipinski definition) is 1. The summed E-state index contributed by atoms with van der Waals surface area (Å²) in [5.41, 5.74) is 1.59. The number of carbonyl (C=O) groups is 2. The summed E-state index contributed by atoms with van der Waals surface area (Å²) in [6, 6.07) is 4.59. The van der Waals surface area contributed by atoms with E-state index >= 15 is 0 Å². The van der Waals surface area contributed by atoms with Gasteiger partial charge in [-0.2, -0.15) is 0 Å². The second-order valence-corrected chi connectivity index (χ2v) is 10.3. The van der Waals surface area contributed by atoms with Crippen LogP contribution in [0.2, 0.25) is 5.02 Å². The molecule has 4 aliphatic rings. The SMILES string of the molecule is O=C(NC(c1cc(F)c(Cl)cc1F)C1CC1)[C@H]1C[C@H]2C[C@H]2N1C(=O)c1cc(C2CC2)ccn1. The summed E-state index contributed by atoms with van der Waals surface area (Å²) in [5, 5.41) is 2.65. The molecule has 1 aromatic carbocycles. The maximum atomic E-state index is 14.6. The molecule has 2 amide bonds. The lowest BCUT2D eigenvalue weighted by Gasteiger charge is -2.29. The number of rotatable bonds is 6. The van der Waals surface area contributed by atoms with E-state index < -0.39 is 23.7 Å². The third kappa shape index (κ3) is 3.90. The fraction of sp³-hybridized carbons (Fsp3) is 0.480. The normalized spacial score (nSPS) is 26.6. The molecule has 1 saturated heterocycles. The van der Waals surface area contributed by atoms with E-state index in [1.165, 1.54) is 0 Å². The van der Waals surface area contributed by atoms with Crippen LogP contribution < -0.4 is 5.32 Å². The fourth-order valence-electron chi connectivity index (χ4n) is 5.25. The number of hydrogen-bond acceptors (Lipinski definition) is 3. The monoisotopic (exact) mass is 471 g/mol. The summed E-state index contributed by atoms with van der Waals surface area (Å²) >= 11 is 5.71. The van der Waals surface area contributed by atoms with Crippen molar-refractivity contribution >= 4 is 23.4 Å². The van der Waals surface area contributed by atoms with Crippen molar-refractivity contribution in [1.29, 1.82) is 0 Å². The Bertz CT molecular complexity index is 1150. The first-order chi connectivity index (χ1) is 15.9. The second-order valence-electron chi connectivity index (χ2n) is 9.89. The lowest BCUT2D eigenvalue weighted by Crippen LogP contribution is -2.49. The van der Waals surface area contributed by atoms with Gasteiger partial charge in [0, 0.05) is 17.8 Å². The zero-order valence-corrected chi connectivity index (χ0v) is 18.7. The van der Waals surface area contributed by atoms with E-state index in [1.54, 1.807) is 11.1 Å². The van der Waals surface area contributed by atoms with E-state index in [4.69, 9.17) is 11.6 Å². The van der Waals surface area contributed by atoms with Gasteiger partial charge in [0.15, 0.2) is 0 Å². The summed E-state index contributed by atoms with van der Waals surface area (Å²) in [6.07, 6.45) is 7.04. The first-order valence-electron chi connectivity index (χ1n) is 11.6. The van der Waals surface area contributed by atoms with Gasteiger partial charge in [0.05, 0.1) is 11.1 Å². The van der Waals surface area contributed by atoms with Gasteiger partial charge in [-0.05, 0) is 86.1 Å². The highest BCUT2D eigenvalue weighted by Gasteiger charge is 2.56. The van der Waals surface area contributed by atoms with E-state index in [1.807, 2.05) is 12.1 Å². The molecule has 0 bridgehead atoms. The highest BCUT2D eigenvalue weighted by Crippen LogP contribution is 2.49. The maximum Gasteiger partial charge on any atom is 0.273 e. The fourth-order valence-corrected chi connectivity index (χ4v) is 5.40. The standard InChI is InChI=1S/C25H24ClF2N3O2/c26-17-11-18(27)16(10-19(17)28)23(13-3-4-13)30-24(32)22-9-15-8-21(15)31(22)25(33)20-7-14(5-6-29-20)12-1-2-12/h5-7,10-13,15,21-23H,1-4,8-9H2,(H,30,32)/t15-,21-,22-,23?/m1/s1. The van der Waals surface area contributed by atoms with Crippen LogP contribution in [0.1, 0.15) is 72.1 Å². The number of amides is 2. The number of pyridine rings is 1. The largest absolute Gasteiger partial charge is 0.347 e. The molecule has 3 aliphatic carbocycles. The Labute approximate surface area is 195 Å². The van der Waals surface area contributed by atoms with Crippen molar-refractivity contribution < 1.29 is 18.4 Å². The molecule has 8 heteroatoms. The van der Waals surface area contributed by atoms with Crippen LogP contribution in [-0.2, 0) is 4.79 Å². The zero-order chi connectivity index (χ0) is 22.9. The van der Waals surface area contributed by atoms with Crippen LogP contribution in [-0.4, -0.2) is 33.8 Å². The molecule has 2 aromatic rings. The molecule has 1 aromatic heterocycles. The van der Waals surface area contributed by atoms with Crippen molar-refractivity contribution in [2.75, 3.05) is 0 Å². The summed E-state index contributed by atoms with van der Waals surface area (Å²) in [5.74, 6) is -1.05. The smallest absolute Gasteiger partial charge is 0.273 e. The van der Waals surface area contributed by atoms with Crippen molar-refractivity contribution in [2.45, 2.75) is 62.6 Å². The lowest BCUT2D eigenvalue weighted by atomic mass is 10.00. The molecule has 1 aliphatic heterocycles. The van der Waals surface area contributed by atoms with Crippen LogP contribution in [0, 0.1) is 23.5 Å². The van der Waals surface area contributed by atoms with E-state index in [0.717, 1.165) is 49.8 Å². The highest BCUT2D eigenvalue weighted by atomic mass is 35.5. The van der Waals surface area contributed by atoms with Crippen LogP contribution in [0.25, 0.3) is 0 Å². The minimum atomic E-state index is -0.714. The molecule has 1 N–H and O–H groups in total. The van der Waals surface area contributed by atoms with Gasteiger partial charge >= 0.3 is 0 Å². The number of nitrogens with zero attached hydrogens (tertiary/aromatic N) is 2. The van der Waals surface area contributed by atoms with Gasteiger partial charge in [0.1, 0.15) is 23.4 Å². The number of nitrogens with one attached hydrogen (secondary N) is 1. The van der Waals surface area contributed by atoms with Crippen molar-refractivity contribution in [1.82, 2.24) is 15.2 Å². The third-order valence-electron chi connectivity index (χ3n) is 7.46. The van der Waals surface area contributed by atoms with Gasteiger partial charge in [-0.15, -0.1) is 0 Å². The van der Waals surface area contributed by atoms with Gasteiger partial charge in [-0.3, -0.25) is 14.6 Å². The van der Waals surface area contributed by atoms with E-state index in [9.17, 15) is 18.4 Å². The average molecular weight is 472 g/mol. The van der Waals surface area contributed by atoms with Gasteiger partial charge in [-0.1, -0.05) is 11.6 Å². The summed E-state index contributed by atoms with van der Waals surface area (Å²) in [4.78, 5) is 32.7. The minimum absolute atomic E-state index is 0.0426. The van der Waals surface area contributed by atoms with E-state index in [0.29, 0.717) is 24.0 Å². The molecule has 4 atom stereocenters. The van der Waals surface area contributed by atoms with Crippen LogP contribution in [0.3, 0.4) is 0 Å². The molecule has 1 unspecified atom stereocenters. The molecule has 33 heavy (non-hydrogen) atoms. The summed E-state index contributed by atoms with van der Waals surface area (Å²) < 4.78 is 28.7. The maximum absolute atomic E-state index is 14.6.